The molecule has 1 aromatic carbocycles. The van der Waals surface area contributed by atoms with Gasteiger partial charge in [-0.15, -0.1) is 0 Å². The average molecular weight is 332 g/mol. The summed E-state index contributed by atoms with van der Waals surface area (Å²) in [5, 5.41) is 6.25. The normalized spacial score (nSPS) is 11.5. The monoisotopic (exact) mass is 331 g/mol. The Hall–Kier alpha value is -1.14. The lowest BCUT2D eigenvalue weighted by atomic mass is 10.2. The van der Waals surface area contributed by atoms with Crippen LogP contribution in [0.15, 0.2) is 27.7 Å². The van der Waals surface area contributed by atoms with Crippen LogP contribution in [0.1, 0.15) is 12.5 Å². The number of guanidine groups is 1. The lowest BCUT2D eigenvalue weighted by Crippen LogP contribution is -2.38. The van der Waals surface area contributed by atoms with E-state index in [9.17, 15) is 4.39 Å². The summed E-state index contributed by atoms with van der Waals surface area (Å²) >= 11 is 3.13. The molecule has 0 heterocycles. The first-order valence-corrected chi connectivity index (χ1v) is 6.91. The number of hydrogen-bond donors (Lipinski definition) is 2. The van der Waals surface area contributed by atoms with Crippen LogP contribution in [-0.4, -0.2) is 32.8 Å². The summed E-state index contributed by atoms with van der Waals surface area (Å²) in [6.07, 6.45) is 0. The zero-order valence-corrected chi connectivity index (χ0v) is 12.8. The summed E-state index contributed by atoms with van der Waals surface area (Å²) < 4.78 is 18.8. The topological polar surface area (TPSA) is 45.7 Å². The maximum atomic E-state index is 13.4. The Bertz CT molecular complexity index is 426. The number of halogens is 2. The molecule has 0 unspecified atom stereocenters. The smallest absolute Gasteiger partial charge is 0.191 e. The Kier molecular flexibility index (Phi) is 7.43. The number of nitrogens with one attached hydrogen (secondary N) is 2. The number of nitrogens with zero attached hydrogens (tertiary/aromatic N) is 1. The van der Waals surface area contributed by atoms with E-state index in [4.69, 9.17) is 4.74 Å². The Morgan fingerprint density at radius 2 is 2.21 bits per heavy atom. The molecular weight excluding hydrogens is 313 g/mol. The zero-order valence-electron chi connectivity index (χ0n) is 11.2. The molecule has 106 valence electrons. The summed E-state index contributed by atoms with van der Waals surface area (Å²) in [5.74, 6) is 0.424. The van der Waals surface area contributed by atoms with Crippen LogP contribution in [0.3, 0.4) is 0 Å². The van der Waals surface area contributed by atoms with E-state index >= 15 is 0 Å². The van der Waals surface area contributed by atoms with Crippen molar-refractivity contribution in [3.8, 4) is 0 Å². The van der Waals surface area contributed by atoms with Gasteiger partial charge in [-0.25, -0.2) is 9.38 Å². The average Bonchev–Trinajstić information content (AvgIpc) is 2.40. The zero-order chi connectivity index (χ0) is 14.1. The van der Waals surface area contributed by atoms with Gasteiger partial charge in [0.25, 0.3) is 0 Å². The molecule has 0 aliphatic rings. The van der Waals surface area contributed by atoms with Crippen molar-refractivity contribution in [1.29, 1.82) is 0 Å². The largest absolute Gasteiger partial charge is 0.383 e. The molecule has 0 aromatic heterocycles. The van der Waals surface area contributed by atoms with Gasteiger partial charge >= 0.3 is 0 Å². The van der Waals surface area contributed by atoms with E-state index < -0.39 is 0 Å². The van der Waals surface area contributed by atoms with E-state index in [2.05, 4.69) is 31.6 Å². The van der Waals surface area contributed by atoms with Gasteiger partial charge in [-0.3, -0.25) is 0 Å². The number of hydrogen-bond acceptors (Lipinski definition) is 2. The molecule has 1 aromatic rings. The first-order valence-electron chi connectivity index (χ1n) is 6.12. The molecule has 19 heavy (non-hydrogen) atoms. The van der Waals surface area contributed by atoms with Gasteiger partial charge in [-0.05, 0) is 40.5 Å². The van der Waals surface area contributed by atoms with Crippen molar-refractivity contribution in [3.05, 3.63) is 34.1 Å². The van der Waals surface area contributed by atoms with Gasteiger partial charge in [0.15, 0.2) is 5.96 Å². The van der Waals surface area contributed by atoms with Crippen molar-refractivity contribution >= 4 is 21.9 Å². The Morgan fingerprint density at radius 3 is 2.84 bits per heavy atom. The molecular formula is C13H19BrFN3O. The first-order chi connectivity index (χ1) is 9.17. The fraction of sp³-hybridized carbons (Fsp3) is 0.462. The third-order valence-corrected chi connectivity index (χ3v) is 2.99. The van der Waals surface area contributed by atoms with Crippen LogP contribution in [0, 0.1) is 5.82 Å². The van der Waals surface area contributed by atoms with Gasteiger partial charge in [0.1, 0.15) is 5.82 Å². The highest BCUT2D eigenvalue weighted by atomic mass is 79.9. The van der Waals surface area contributed by atoms with Crippen molar-refractivity contribution in [1.82, 2.24) is 10.6 Å². The molecule has 0 aliphatic carbocycles. The summed E-state index contributed by atoms with van der Waals surface area (Å²) in [7, 11) is 1.65. The minimum Gasteiger partial charge on any atom is -0.383 e. The van der Waals surface area contributed by atoms with E-state index in [0.29, 0.717) is 30.1 Å². The van der Waals surface area contributed by atoms with Crippen LogP contribution in [0.25, 0.3) is 0 Å². The fourth-order valence-corrected chi connectivity index (χ4v) is 1.67. The summed E-state index contributed by atoms with van der Waals surface area (Å²) in [6.45, 7) is 4.47. The molecule has 0 saturated heterocycles. The van der Waals surface area contributed by atoms with Gasteiger partial charge < -0.3 is 15.4 Å². The van der Waals surface area contributed by atoms with E-state index in [1.165, 1.54) is 6.07 Å². The molecule has 1 rings (SSSR count). The number of aliphatic imine (C=N–C) groups is 1. The predicted octanol–water partition coefficient (Wildman–Crippen LogP) is 2.29. The van der Waals surface area contributed by atoms with Crippen molar-refractivity contribution in [2.24, 2.45) is 4.99 Å². The van der Waals surface area contributed by atoms with Gasteiger partial charge in [-0.1, -0.05) is 6.07 Å². The molecule has 0 atom stereocenters. The van der Waals surface area contributed by atoms with Crippen molar-refractivity contribution in [2.45, 2.75) is 13.5 Å². The minimum absolute atomic E-state index is 0.273. The summed E-state index contributed by atoms with van der Waals surface area (Å²) in [4.78, 5) is 4.38. The third kappa shape index (κ3) is 6.02. The summed E-state index contributed by atoms with van der Waals surface area (Å²) in [5.41, 5.74) is 0.824. The van der Waals surface area contributed by atoms with Crippen molar-refractivity contribution in [3.63, 3.8) is 0 Å². The van der Waals surface area contributed by atoms with E-state index in [1.807, 2.05) is 13.0 Å². The van der Waals surface area contributed by atoms with E-state index in [1.54, 1.807) is 13.2 Å². The van der Waals surface area contributed by atoms with Crippen LogP contribution in [0.4, 0.5) is 4.39 Å². The fourth-order valence-electron chi connectivity index (χ4n) is 1.42. The van der Waals surface area contributed by atoms with Crippen LogP contribution in [0.2, 0.25) is 0 Å². The van der Waals surface area contributed by atoms with Crippen LogP contribution in [-0.2, 0) is 11.3 Å². The number of benzene rings is 1. The van der Waals surface area contributed by atoms with Crippen molar-refractivity contribution < 1.29 is 9.13 Å². The number of methoxy groups -OCH3 is 1. The number of ether oxygens (including phenoxy) is 1. The number of rotatable bonds is 6. The molecule has 0 fully saturated rings. The minimum atomic E-state index is -0.273. The molecule has 0 amide bonds. The third-order valence-electron chi connectivity index (χ3n) is 2.35. The van der Waals surface area contributed by atoms with Crippen LogP contribution < -0.4 is 10.6 Å². The predicted molar refractivity (Wildman–Crippen MR) is 78.8 cm³/mol. The standard InChI is InChI=1S/C13H19BrFN3O/c1-3-16-13(17-6-7-19-2)18-9-10-4-5-11(14)12(15)8-10/h4-5,8H,3,6-7,9H2,1-2H3,(H2,16,17,18). The molecule has 0 bridgehead atoms. The van der Waals surface area contributed by atoms with Gasteiger partial charge in [0.05, 0.1) is 17.6 Å². The van der Waals surface area contributed by atoms with Crippen LogP contribution in [0.5, 0.6) is 0 Å². The maximum absolute atomic E-state index is 13.4. The van der Waals surface area contributed by atoms with Gasteiger partial charge in [0.2, 0.25) is 0 Å². The summed E-state index contributed by atoms with van der Waals surface area (Å²) in [6, 6.07) is 5.01. The molecule has 0 aliphatic heterocycles. The molecule has 0 spiro atoms. The van der Waals surface area contributed by atoms with Crippen molar-refractivity contribution in [2.75, 3.05) is 26.8 Å². The van der Waals surface area contributed by atoms with E-state index in [-0.39, 0.29) is 5.82 Å². The highest BCUT2D eigenvalue weighted by Gasteiger charge is 2.01. The second kappa shape index (κ2) is 8.87. The quantitative estimate of drug-likeness (QED) is 0.477. The Labute approximate surface area is 121 Å². The highest BCUT2D eigenvalue weighted by Crippen LogP contribution is 2.16. The lowest BCUT2D eigenvalue weighted by Gasteiger charge is -2.10. The highest BCUT2D eigenvalue weighted by molar-refractivity contribution is 9.10. The molecule has 6 heteroatoms. The van der Waals surface area contributed by atoms with Crippen LogP contribution >= 0.6 is 15.9 Å². The second-order valence-corrected chi connectivity index (χ2v) is 4.72. The van der Waals surface area contributed by atoms with Gasteiger partial charge in [0, 0.05) is 20.2 Å². The van der Waals surface area contributed by atoms with Gasteiger partial charge in [-0.2, -0.15) is 0 Å². The second-order valence-electron chi connectivity index (χ2n) is 3.86. The Morgan fingerprint density at radius 1 is 1.42 bits per heavy atom. The molecule has 2 N–H and O–H groups in total. The SMILES string of the molecule is CCNC(=NCc1ccc(Br)c(F)c1)NCCOC. The Balaban J connectivity index is 2.60. The first kappa shape index (κ1) is 15.9. The maximum Gasteiger partial charge on any atom is 0.191 e. The van der Waals surface area contributed by atoms with E-state index in [0.717, 1.165) is 12.1 Å². The molecule has 4 nitrogen and oxygen atoms in total. The molecule has 0 radical (unpaired) electrons. The molecule has 0 saturated carbocycles. The lowest BCUT2D eigenvalue weighted by molar-refractivity contribution is 0.203.